The number of para-hydroxylation sites is 2. The van der Waals surface area contributed by atoms with Crippen molar-refractivity contribution in [3.05, 3.63) is 59.9 Å². The summed E-state index contributed by atoms with van der Waals surface area (Å²) < 4.78 is 19.6. The summed E-state index contributed by atoms with van der Waals surface area (Å²) in [7, 11) is 1.74. The first-order valence-corrected chi connectivity index (χ1v) is 10.3. The molecule has 4 nitrogen and oxygen atoms in total. The maximum atomic E-state index is 14.1. The Kier molecular flexibility index (Phi) is 6.13. The van der Waals surface area contributed by atoms with Crippen LogP contribution >= 0.6 is 0 Å². The van der Waals surface area contributed by atoms with Crippen LogP contribution in [-0.2, 0) is 6.54 Å². The van der Waals surface area contributed by atoms with Crippen molar-refractivity contribution in [2.75, 3.05) is 51.3 Å². The smallest absolute Gasteiger partial charge is 0.146 e. The number of piperazine rings is 1. The predicted octanol–water partition coefficient (Wildman–Crippen LogP) is 3.62. The Hall–Kier alpha value is -2.11. The standard InChI is InChI=1S/C23H30FN3O/c1-28-23-11-5-2-7-19(23)17-25-12-6-8-20(18-25)26-13-15-27(16-14-26)22-10-4-3-9-21(22)24/h2-5,7,9-11,20H,6,8,12-18H2,1H3. The second-order valence-electron chi connectivity index (χ2n) is 7.82. The van der Waals surface area contributed by atoms with E-state index in [2.05, 4.69) is 26.8 Å². The number of methoxy groups -OCH3 is 1. The Morgan fingerprint density at radius 3 is 2.50 bits per heavy atom. The summed E-state index contributed by atoms with van der Waals surface area (Å²) in [5.74, 6) is 0.861. The molecule has 2 aliphatic heterocycles. The lowest BCUT2D eigenvalue weighted by Gasteiger charge is -2.44. The molecule has 1 unspecified atom stereocenters. The molecular weight excluding hydrogens is 353 g/mol. The van der Waals surface area contributed by atoms with Crippen LogP contribution < -0.4 is 9.64 Å². The minimum atomic E-state index is -0.114. The lowest BCUT2D eigenvalue weighted by molar-refractivity contribution is 0.0882. The Balaban J connectivity index is 1.33. The predicted molar refractivity (Wildman–Crippen MR) is 111 cm³/mol. The normalized spacial score (nSPS) is 21.6. The van der Waals surface area contributed by atoms with Crippen molar-refractivity contribution in [1.29, 1.82) is 0 Å². The van der Waals surface area contributed by atoms with Crippen LogP contribution in [0.2, 0.25) is 0 Å². The average Bonchev–Trinajstić information content (AvgIpc) is 2.75. The molecule has 0 bridgehead atoms. The summed E-state index contributed by atoms with van der Waals surface area (Å²) in [5, 5.41) is 0. The van der Waals surface area contributed by atoms with Gasteiger partial charge in [-0.25, -0.2) is 4.39 Å². The Morgan fingerprint density at radius 2 is 1.71 bits per heavy atom. The second-order valence-corrected chi connectivity index (χ2v) is 7.82. The first-order chi connectivity index (χ1) is 13.7. The molecule has 2 heterocycles. The largest absolute Gasteiger partial charge is 0.496 e. The highest BCUT2D eigenvalue weighted by molar-refractivity contribution is 5.48. The highest BCUT2D eigenvalue weighted by Gasteiger charge is 2.29. The zero-order valence-corrected chi connectivity index (χ0v) is 16.7. The van der Waals surface area contributed by atoms with Gasteiger partial charge in [-0.3, -0.25) is 9.80 Å². The van der Waals surface area contributed by atoms with Crippen LogP contribution in [-0.4, -0.2) is 62.2 Å². The number of benzene rings is 2. The van der Waals surface area contributed by atoms with Crippen LogP contribution in [0.25, 0.3) is 0 Å². The molecule has 0 amide bonds. The molecule has 28 heavy (non-hydrogen) atoms. The maximum Gasteiger partial charge on any atom is 0.146 e. The third kappa shape index (κ3) is 4.31. The van der Waals surface area contributed by atoms with Gasteiger partial charge in [0.1, 0.15) is 11.6 Å². The van der Waals surface area contributed by atoms with E-state index in [0.717, 1.165) is 57.3 Å². The third-order valence-corrected chi connectivity index (χ3v) is 6.09. The third-order valence-electron chi connectivity index (χ3n) is 6.09. The molecule has 2 aliphatic rings. The number of anilines is 1. The number of hydrogen-bond donors (Lipinski definition) is 0. The van der Waals surface area contributed by atoms with Crippen LogP contribution in [0.1, 0.15) is 18.4 Å². The fraction of sp³-hybridized carbons (Fsp3) is 0.478. The fourth-order valence-corrected chi connectivity index (χ4v) is 4.58. The van der Waals surface area contributed by atoms with Crippen molar-refractivity contribution in [2.24, 2.45) is 0 Å². The van der Waals surface area contributed by atoms with Crippen LogP contribution in [0.4, 0.5) is 10.1 Å². The zero-order chi connectivity index (χ0) is 19.3. The number of hydrogen-bond acceptors (Lipinski definition) is 4. The van der Waals surface area contributed by atoms with Crippen molar-refractivity contribution in [3.63, 3.8) is 0 Å². The van der Waals surface area contributed by atoms with Gasteiger partial charge in [0.2, 0.25) is 0 Å². The molecule has 0 aliphatic carbocycles. The van der Waals surface area contributed by atoms with Crippen molar-refractivity contribution in [3.8, 4) is 5.75 Å². The first-order valence-electron chi connectivity index (χ1n) is 10.3. The van der Waals surface area contributed by atoms with E-state index in [0.29, 0.717) is 6.04 Å². The van der Waals surface area contributed by atoms with Gasteiger partial charge in [-0.15, -0.1) is 0 Å². The van der Waals surface area contributed by atoms with E-state index >= 15 is 0 Å². The molecule has 2 aromatic rings. The minimum absolute atomic E-state index is 0.114. The van der Waals surface area contributed by atoms with E-state index in [9.17, 15) is 4.39 Å². The van der Waals surface area contributed by atoms with Crippen LogP contribution in [0.15, 0.2) is 48.5 Å². The summed E-state index contributed by atoms with van der Waals surface area (Å²) in [5.41, 5.74) is 2.00. The van der Waals surface area contributed by atoms with Crippen LogP contribution in [0, 0.1) is 5.82 Å². The SMILES string of the molecule is COc1ccccc1CN1CCCC(N2CCN(c3ccccc3F)CC2)C1. The van der Waals surface area contributed by atoms with E-state index in [1.54, 1.807) is 19.2 Å². The van der Waals surface area contributed by atoms with Gasteiger partial charge in [0.15, 0.2) is 0 Å². The van der Waals surface area contributed by atoms with Crippen molar-refractivity contribution >= 4 is 5.69 Å². The molecule has 4 rings (SSSR count). The van der Waals surface area contributed by atoms with Gasteiger partial charge in [-0.05, 0) is 37.6 Å². The van der Waals surface area contributed by atoms with Crippen LogP contribution in [0.3, 0.4) is 0 Å². The van der Waals surface area contributed by atoms with Gasteiger partial charge in [0.25, 0.3) is 0 Å². The molecule has 2 fully saturated rings. The topological polar surface area (TPSA) is 19.0 Å². The number of likely N-dealkylation sites (tertiary alicyclic amines) is 1. The molecule has 0 saturated carbocycles. The molecule has 150 valence electrons. The molecule has 2 aromatic carbocycles. The van der Waals surface area contributed by atoms with Gasteiger partial charge >= 0.3 is 0 Å². The highest BCUT2D eigenvalue weighted by Crippen LogP contribution is 2.25. The van der Waals surface area contributed by atoms with Gasteiger partial charge in [-0.1, -0.05) is 30.3 Å². The Bertz CT molecular complexity index is 776. The number of piperidine rings is 1. The molecular formula is C23H30FN3O. The first kappa shape index (κ1) is 19.2. The summed E-state index contributed by atoms with van der Waals surface area (Å²) in [6, 6.07) is 16.0. The van der Waals surface area contributed by atoms with Crippen molar-refractivity contribution in [1.82, 2.24) is 9.80 Å². The molecule has 1 atom stereocenters. The monoisotopic (exact) mass is 383 g/mol. The maximum absolute atomic E-state index is 14.1. The zero-order valence-electron chi connectivity index (χ0n) is 16.7. The molecule has 0 radical (unpaired) electrons. The lowest BCUT2D eigenvalue weighted by atomic mass is 10.0. The van der Waals surface area contributed by atoms with E-state index in [1.807, 2.05) is 24.3 Å². The molecule has 0 spiro atoms. The number of ether oxygens (including phenoxy) is 1. The number of nitrogens with zero attached hydrogens (tertiary/aromatic N) is 3. The summed E-state index contributed by atoms with van der Waals surface area (Å²) in [4.78, 5) is 7.34. The Labute approximate surface area is 167 Å². The van der Waals surface area contributed by atoms with E-state index < -0.39 is 0 Å². The number of halogens is 1. The van der Waals surface area contributed by atoms with Crippen molar-refractivity contribution in [2.45, 2.75) is 25.4 Å². The lowest BCUT2D eigenvalue weighted by Crippen LogP contribution is -2.55. The highest BCUT2D eigenvalue weighted by atomic mass is 19.1. The summed E-state index contributed by atoms with van der Waals surface area (Å²) >= 11 is 0. The van der Waals surface area contributed by atoms with Gasteiger partial charge in [-0.2, -0.15) is 0 Å². The summed E-state index contributed by atoms with van der Waals surface area (Å²) in [6.45, 7) is 6.97. The average molecular weight is 384 g/mol. The number of rotatable bonds is 5. The van der Waals surface area contributed by atoms with Gasteiger partial charge < -0.3 is 9.64 Å². The van der Waals surface area contributed by atoms with E-state index in [-0.39, 0.29) is 5.82 Å². The van der Waals surface area contributed by atoms with Gasteiger partial charge in [0, 0.05) is 50.9 Å². The van der Waals surface area contributed by atoms with Crippen LogP contribution in [0.5, 0.6) is 5.75 Å². The fourth-order valence-electron chi connectivity index (χ4n) is 4.58. The minimum Gasteiger partial charge on any atom is -0.496 e. The molecule has 0 aromatic heterocycles. The van der Waals surface area contributed by atoms with E-state index in [1.165, 1.54) is 18.4 Å². The molecule has 5 heteroatoms. The van der Waals surface area contributed by atoms with Crippen molar-refractivity contribution < 1.29 is 9.13 Å². The molecule has 0 N–H and O–H groups in total. The Morgan fingerprint density at radius 1 is 0.964 bits per heavy atom. The van der Waals surface area contributed by atoms with Gasteiger partial charge in [0.05, 0.1) is 12.8 Å². The quantitative estimate of drug-likeness (QED) is 0.785. The second kappa shape index (κ2) is 8.93. The van der Waals surface area contributed by atoms with E-state index in [4.69, 9.17) is 4.74 Å². The summed E-state index contributed by atoms with van der Waals surface area (Å²) in [6.07, 6.45) is 2.48. The molecule has 2 saturated heterocycles.